The quantitative estimate of drug-likeness (QED) is 0.745. The summed E-state index contributed by atoms with van der Waals surface area (Å²) in [4.78, 5) is 29.6. The van der Waals surface area contributed by atoms with Crippen molar-refractivity contribution in [2.24, 2.45) is 0 Å². The first-order chi connectivity index (χ1) is 9.61. The van der Waals surface area contributed by atoms with Gasteiger partial charge in [0.25, 0.3) is 0 Å². The maximum Gasteiger partial charge on any atom is 0.236 e. The molecular formula is C14H26N4O2. The molecule has 2 aliphatic rings. The molecule has 2 saturated heterocycles. The van der Waals surface area contributed by atoms with Crippen molar-refractivity contribution in [3.8, 4) is 0 Å². The lowest BCUT2D eigenvalue weighted by Gasteiger charge is -2.36. The molecule has 2 rings (SSSR count). The van der Waals surface area contributed by atoms with Gasteiger partial charge >= 0.3 is 0 Å². The van der Waals surface area contributed by atoms with Crippen molar-refractivity contribution in [1.82, 2.24) is 20.0 Å². The molecule has 0 aliphatic carbocycles. The van der Waals surface area contributed by atoms with Crippen molar-refractivity contribution in [2.45, 2.75) is 26.3 Å². The third-order valence-electron chi connectivity index (χ3n) is 4.37. The zero-order valence-corrected chi connectivity index (χ0v) is 12.6. The van der Waals surface area contributed by atoms with E-state index in [4.69, 9.17) is 0 Å². The highest BCUT2D eigenvalue weighted by molar-refractivity contribution is 5.79. The average Bonchev–Trinajstić information content (AvgIpc) is 2.98. The van der Waals surface area contributed by atoms with Gasteiger partial charge in [0.15, 0.2) is 0 Å². The van der Waals surface area contributed by atoms with Crippen molar-refractivity contribution < 1.29 is 9.59 Å². The van der Waals surface area contributed by atoms with Gasteiger partial charge in [-0.15, -0.1) is 0 Å². The molecule has 6 nitrogen and oxygen atoms in total. The first-order valence-electron chi connectivity index (χ1n) is 7.60. The fourth-order valence-corrected chi connectivity index (χ4v) is 2.99. The van der Waals surface area contributed by atoms with E-state index in [2.05, 4.69) is 17.1 Å². The summed E-state index contributed by atoms with van der Waals surface area (Å²) in [7, 11) is 0. The van der Waals surface area contributed by atoms with E-state index in [1.807, 2.05) is 9.80 Å². The molecule has 0 aromatic carbocycles. The Balaban J connectivity index is 1.80. The van der Waals surface area contributed by atoms with Crippen molar-refractivity contribution in [3.05, 3.63) is 0 Å². The molecule has 1 atom stereocenters. The lowest BCUT2D eigenvalue weighted by molar-refractivity contribution is -0.139. The van der Waals surface area contributed by atoms with E-state index in [-0.39, 0.29) is 11.8 Å². The number of hydrogen-bond donors (Lipinski definition) is 1. The van der Waals surface area contributed by atoms with Crippen LogP contribution in [-0.2, 0) is 9.59 Å². The number of likely N-dealkylation sites (N-methyl/N-ethyl adjacent to an activating group) is 1. The smallest absolute Gasteiger partial charge is 0.236 e. The summed E-state index contributed by atoms with van der Waals surface area (Å²) in [5.41, 5.74) is 0. The van der Waals surface area contributed by atoms with E-state index in [0.29, 0.717) is 38.8 Å². The van der Waals surface area contributed by atoms with E-state index in [0.717, 1.165) is 26.1 Å². The van der Waals surface area contributed by atoms with Crippen LogP contribution in [0.2, 0.25) is 0 Å². The second-order valence-electron chi connectivity index (χ2n) is 5.60. The number of carbonyl (C=O) groups excluding carboxylic acids is 2. The maximum atomic E-state index is 12.4. The summed E-state index contributed by atoms with van der Waals surface area (Å²) in [6.45, 7) is 9.80. The number of rotatable bonds is 4. The van der Waals surface area contributed by atoms with E-state index in [1.54, 1.807) is 6.92 Å². The van der Waals surface area contributed by atoms with Gasteiger partial charge in [0.1, 0.15) is 0 Å². The molecule has 20 heavy (non-hydrogen) atoms. The molecule has 2 heterocycles. The van der Waals surface area contributed by atoms with Crippen molar-refractivity contribution in [1.29, 1.82) is 0 Å². The second-order valence-corrected chi connectivity index (χ2v) is 5.60. The minimum absolute atomic E-state index is 0.101. The lowest BCUT2D eigenvalue weighted by atomic mass is 10.2. The van der Waals surface area contributed by atoms with Crippen LogP contribution in [0.15, 0.2) is 0 Å². The zero-order chi connectivity index (χ0) is 14.5. The molecule has 1 N–H and O–H groups in total. The van der Waals surface area contributed by atoms with Crippen molar-refractivity contribution >= 4 is 11.8 Å². The first kappa shape index (κ1) is 15.3. The lowest BCUT2D eigenvalue weighted by Crippen LogP contribution is -2.53. The Bertz CT molecular complexity index is 347. The molecule has 0 radical (unpaired) electrons. The zero-order valence-electron chi connectivity index (χ0n) is 12.6. The Kier molecular flexibility index (Phi) is 5.37. The van der Waals surface area contributed by atoms with Gasteiger partial charge in [-0.25, -0.2) is 0 Å². The van der Waals surface area contributed by atoms with Gasteiger partial charge in [-0.3, -0.25) is 14.5 Å². The van der Waals surface area contributed by atoms with Crippen molar-refractivity contribution in [2.75, 3.05) is 52.4 Å². The number of piperazine rings is 1. The number of carbonyl (C=O) groups is 2. The number of hydrogen-bond acceptors (Lipinski definition) is 4. The van der Waals surface area contributed by atoms with Crippen LogP contribution in [0.3, 0.4) is 0 Å². The highest BCUT2D eigenvalue weighted by Crippen LogP contribution is 2.10. The topological polar surface area (TPSA) is 55.9 Å². The van der Waals surface area contributed by atoms with Crippen LogP contribution in [-0.4, -0.2) is 84.9 Å². The molecule has 0 bridgehead atoms. The molecule has 2 fully saturated rings. The summed E-state index contributed by atoms with van der Waals surface area (Å²) >= 11 is 0. The van der Waals surface area contributed by atoms with Gasteiger partial charge in [-0.1, -0.05) is 6.92 Å². The largest absolute Gasteiger partial charge is 0.339 e. The highest BCUT2D eigenvalue weighted by atomic mass is 16.2. The third-order valence-corrected chi connectivity index (χ3v) is 4.37. The molecule has 0 spiro atoms. The Morgan fingerprint density at radius 2 is 1.85 bits per heavy atom. The van der Waals surface area contributed by atoms with E-state index >= 15 is 0 Å². The van der Waals surface area contributed by atoms with Crippen LogP contribution in [0.5, 0.6) is 0 Å². The molecule has 6 heteroatoms. The maximum absolute atomic E-state index is 12.4. The Hall–Kier alpha value is -1.14. The predicted molar refractivity (Wildman–Crippen MR) is 77.4 cm³/mol. The summed E-state index contributed by atoms with van der Waals surface area (Å²) in [5, 5.41) is 3.35. The van der Waals surface area contributed by atoms with E-state index < -0.39 is 0 Å². The normalized spacial score (nSPS) is 23.4. The van der Waals surface area contributed by atoms with Crippen LogP contribution < -0.4 is 5.32 Å². The van der Waals surface area contributed by atoms with Crippen molar-refractivity contribution in [3.63, 3.8) is 0 Å². The fourth-order valence-electron chi connectivity index (χ4n) is 2.99. The van der Waals surface area contributed by atoms with Crippen LogP contribution in [0, 0.1) is 0 Å². The molecule has 0 saturated carbocycles. The minimum Gasteiger partial charge on any atom is -0.339 e. The second kappa shape index (κ2) is 7.04. The Labute approximate surface area is 121 Å². The van der Waals surface area contributed by atoms with E-state index in [1.165, 1.54) is 0 Å². The monoisotopic (exact) mass is 282 g/mol. The first-order valence-corrected chi connectivity index (χ1v) is 7.60. The highest BCUT2D eigenvalue weighted by Gasteiger charge is 2.27. The molecule has 0 aromatic heterocycles. The average molecular weight is 282 g/mol. The van der Waals surface area contributed by atoms with Crippen LogP contribution in [0.1, 0.15) is 20.3 Å². The minimum atomic E-state index is 0.101. The Morgan fingerprint density at radius 1 is 1.20 bits per heavy atom. The van der Waals surface area contributed by atoms with Gasteiger partial charge < -0.3 is 15.1 Å². The molecular weight excluding hydrogens is 256 g/mol. The van der Waals surface area contributed by atoms with Gasteiger partial charge in [0.2, 0.25) is 11.8 Å². The van der Waals surface area contributed by atoms with Crippen LogP contribution in [0.4, 0.5) is 0 Å². The van der Waals surface area contributed by atoms with Crippen LogP contribution in [0.25, 0.3) is 0 Å². The summed E-state index contributed by atoms with van der Waals surface area (Å²) in [5.74, 6) is 0.297. The predicted octanol–water partition coefficient (Wildman–Crippen LogP) is -0.639. The summed E-state index contributed by atoms with van der Waals surface area (Å²) in [6.07, 6.45) is 1.12. The van der Waals surface area contributed by atoms with Crippen LogP contribution >= 0.6 is 0 Å². The van der Waals surface area contributed by atoms with Gasteiger partial charge in [-0.2, -0.15) is 0 Å². The van der Waals surface area contributed by atoms with E-state index in [9.17, 15) is 9.59 Å². The summed E-state index contributed by atoms with van der Waals surface area (Å²) in [6, 6.07) is 0.488. The molecule has 0 aromatic rings. The summed E-state index contributed by atoms with van der Waals surface area (Å²) < 4.78 is 0. The molecule has 1 unspecified atom stereocenters. The van der Waals surface area contributed by atoms with Gasteiger partial charge in [-0.05, 0) is 19.5 Å². The number of amides is 2. The Morgan fingerprint density at radius 3 is 2.35 bits per heavy atom. The fraction of sp³-hybridized carbons (Fsp3) is 0.857. The SMILES string of the molecule is CCN(CC(=O)N1CCN(C(C)=O)CC1)C1CCNC1. The molecule has 2 amide bonds. The number of nitrogens with one attached hydrogen (secondary N) is 1. The molecule has 2 aliphatic heterocycles. The standard InChI is InChI=1S/C14H26N4O2/c1-3-16(13-4-5-15-10-13)11-14(20)18-8-6-17(7-9-18)12(2)19/h13,15H,3-11H2,1-2H3. The third kappa shape index (κ3) is 3.70. The van der Waals surface area contributed by atoms with Gasteiger partial charge in [0.05, 0.1) is 6.54 Å². The number of nitrogens with zero attached hydrogens (tertiary/aromatic N) is 3. The molecule has 114 valence electrons. The van der Waals surface area contributed by atoms with Gasteiger partial charge in [0, 0.05) is 45.7 Å².